The second-order valence-corrected chi connectivity index (χ2v) is 15.4. The maximum absolute atomic E-state index is 15.0. The Bertz CT molecular complexity index is 2350. The van der Waals surface area contributed by atoms with Crippen molar-refractivity contribution in [2.45, 2.75) is 43.3 Å². The summed E-state index contributed by atoms with van der Waals surface area (Å²) in [6, 6.07) is 14.4. The van der Waals surface area contributed by atoms with Crippen LogP contribution in [0.15, 0.2) is 72.0 Å². The Labute approximate surface area is 326 Å². The molecule has 2 aliphatic heterocycles. The number of carbonyl (C=O) groups excluding carboxylic acids is 1. The number of piperazine rings is 1. The molecule has 0 radical (unpaired) electrons. The molecule has 13 nitrogen and oxygen atoms in total. The highest BCUT2D eigenvalue weighted by molar-refractivity contribution is 8.01. The minimum Gasteiger partial charge on any atom is -0.453 e. The number of piperidine rings is 1. The average Bonchev–Trinajstić information content (AvgIpc) is 3.19. The maximum atomic E-state index is 15.0. The van der Waals surface area contributed by atoms with Crippen molar-refractivity contribution in [1.29, 1.82) is 5.26 Å². The smallest absolute Gasteiger partial charge is 0.266 e. The molecule has 0 atom stereocenters. The number of hydrogen-bond acceptors (Lipinski definition) is 12. The van der Waals surface area contributed by atoms with Crippen molar-refractivity contribution >= 4 is 46.1 Å². The van der Waals surface area contributed by atoms with E-state index in [0.29, 0.717) is 72.1 Å². The summed E-state index contributed by atoms with van der Waals surface area (Å²) >= 11 is 1.52. The largest absolute Gasteiger partial charge is 0.453 e. The number of likely N-dealkylation sites (tertiary alicyclic amines) is 1. The average molecular weight is 779 g/mol. The number of nitrogens with two attached hydrogens (primary N) is 1. The molecule has 288 valence electrons. The fourth-order valence-electron chi connectivity index (χ4n) is 7.28. The lowest BCUT2D eigenvalue weighted by Crippen LogP contribution is -2.52. The molecule has 2 aromatic heterocycles. The van der Waals surface area contributed by atoms with Crippen LogP contribution >= 0.6 is 11.9 Å². The van der Waals surface area contributed by atoms with E-state index in [-0.39, 0.29) is 40.1 Å². The van der Waals surface area contributed by atoms with Gasteiger partial charge in [0.15, 0.2) is 11.6 Å². The van der Waals surface area contributed by atoms with Gasteiger partial charge in [-0.3, -0.25) is 19.1 Å². The molecule has 3 fully saturated rings. The number of nitrogens with zero attached hydrogens (tertiary/aromatic N) is 8. The van der Waals surface area contributed by atoms with Crippen LogP contribution in [-0.4, -0.2) is 86.3 Å². The Balaban J connectivity index is 0.881. The van der Waals surface area contributed by atoms with E-state index in [2.05, 4.69) is 30.6 Å². The Kier molecular flexibility index (Phi) is 10.7. The first-order chi connectivity index (χ1) is 27.2. The van der Waals surface area contributed by atoms with Gasteiger partial charge in [-0.15, -0.1) is 0 Å². The van der Waals surface area contributed by atoms with Crippen LogP contribution in [-0.2, 0) is 4.79 Å². The van der Waals surface area contributed by atoms with Gasteiger partial charge in [0.2, 0.25) is 11.9 Å². The summed E-state index contributed by atoms with van der Waals surface area (Å²) in [5.41, 5.74) is 7.72. The number of hydrogen-bond donors (Lipinski definition) is 2. The first-order valence-corrected chi connectivity index (χ1v) is 19.6. The molecule has 1 aliphatic carbocycles. The predicted molar refractivity (Wildman–Crippen MR) is 211 cm³/mol. The van der Waals surface area contributed by atoms with Crippen molar-refractivity contribution < 1.29 is 18.3 Å². The lowest BCUT2D eigenvalue weighted by molar-refractivity contribution is -0.133. The first kappa shape index (κ1) is 37.1. The van der Waals surface area contributed by atoms with Crippen molar-refractivity contribution in [3.63, 3.8) is 0 Å². The summed E-state index contributed by atoms with van der Waals surface area (Å²) in [6.07, 6.45) is 9.40. The lowest BCUT2D eigenvalue weighted by atomic mass is 9.89. The van der Waals surface area contributed by atoms with E-state index in [1.165, 1.54) is 53.5 Å². The van der Waals surface area contributed by atoms with Crippen molar-refractivity contribution in [3.8, 4) is 23.3 Å². The summed E-state index contributed by atoms with van der Waals surface area (Å²) in [5, 5.41) is 10.6. The zero-order valence-corrected chi connectivity index (χ0v) is 31.4. The Morgan fingerprint density at radius 2 is 1.71 bits per heavy atom. The number of carbonyl (C=O) groups is 1. The molecule has 3 aliphatic rings. The molecule has 1 saturated carbocycles. The normalized spacial score (nSPS) is 16.7. The number of aromatic nitrogens is 4. The highest BCUT2D eigenvalue weighted by Gasteiger charge is 2.28. The SMILES string of the molecule is N#Cc1c(NSC2CCC2)ccc(F)c1Oc1ccc2ncn(-c3cnc(N4CCN(C(=O)CN5CCC(c6ccc(N)cc6F)CC5)CC4)nc3)c(=O)c2c1. The molecule has 1 amide bonds. The van der Waals surface area contributed by atoms with Crippen LogP contribution in [0.5, 0.6) is 11.5 Å². The van der Waals surface area contributed by atoms with E-state index in [1.54, 1.807) is 36.7 Å². The summed E-state index contributed by atoms with van der Waals surface area (Å²) in [7, 11) is 0. The van der Waals surface area contributed by atoms with Gasteiger partial charge in [0.25, 0.3) is 5.56 Å². The van der Waals surface area contributed by atoms with Crippen LogP contribution in [0.3, 0.4) is 0 Å². The van der Waals surface area contributed by atoms with Crippen molar-refractivity contribution in [3.05, 3.63) is 100 Å². The van der Waals surface area contributed by atoms with Crippen molar-refractivity contribution in [2.75, 3.05) is 61.2 Å². The molecular formula is C40H40F2N10O3S. The number of benzene rings is 3. The fourth-order valence-corrected chi connectivity index (χ4v) is 8.31. The van der Waals surface area contributed by atoms with Crippen LogP contribution in [0.4, 0.5) is 26.1 Å². The van der Waals surface area contributed by atoms with E-state index in [9.17, 15) is 19.2 Å². The van der Waals surface area contributed by atoms with E-state index >= 15 is 4.39 Å². The number of fused-ring (bicyclic) bond motifs is 1. The van der Waals surface area contributed by atoms with Crippen LogP contribution < -0.4 is 25.7 Å². The van der Waals surface area contributed by atoms with Gasteiger partial charge in [0.1, 0.15) is 29.5 Å². The van der Waals surface area contributed by atoms with Gasteiger partial charge in [-0.1, -0.05) is 12.5 Å². The molecule has 0 unspecified atom stereocenters. The van der Waals surface area contributed by atoms with Gasteiger partial charge in [0.05, 0.1) is 41.2 Å². The van der Waals surface area contributed by atoms with Gasteiger partial charge in [-0.25, -0.2) is 23.7 Å². The number of ether oxygens (including phenoxy) is 1. The zero-order valence-electron chi connectivity index (χ0n) is 30.5. The zero-order chi connectivity index (χ0) is 38.8. The molecular weight excluding hydrogens is 739 g/mol. The minimum absolute atomic E-state index is 0.0346. The number of nitrogens with one attached hydrogen (secondary N) is 1. The van der Waals surface area contributed by atoms with Gasteiger partial charge in [-0.05, 0) is 105 Å². The Morgan fingerprint density at radius 3 is 2.41 bits per heavy atom. The number of nitriles is 1. The van der Waals surface area contributed by atoms with E-state index < -0.39 is 11.4 Å². The number of rotatable bonds is 10. The second-order valence-electron chi connectivity index (χ2n) is 14.3. The fraction of sp³-hybridized carbons (Fsp3) is 0.350. The van der Waals surface area contributed by atoms with Crippen LogP contribution in [0, 0.1) is 23.0 Å². The number of anilines is 3. The molecule has 16 heteroatoms. The number of nitrogen functional groups attached to an aromatic ring is 1. The van der Waals surface area contributed by atoms with Gasteiger partial charge in [-0.2, -0.15) is 5.26 Å². The summed E-state index contributed by atoms with van der Waals surface area (Å²) in [4.78, 5) is 46.4. The second kappa shape index (κ2) is 16.1. The summed E-state index contributed by atoms with van der Waals surface area (Å²) in [5.74, 6) is -0.359. The molecule has 0 bridgehead atoms. The molecule has 8 rings (SSSR count). The third kappa shape index (κ3) is 7.82. The highest BCUT2D eigenvalue weighted by atomic mass is 32.2. The Morgan fingerprint density at radius 1 is 0.946 bits per heavy atom. The monoisotopic (exact) mass is 778 g/mol. The summed E-state index contributed by atoms with van der Waals surface area (Å²) < 4.78 is 39.9. The predicted octanol–water partition coefficient (Wildman–Crippen LogP) is 5.84. The molecule has 4 heterocycles. The van der Waals surface area contributed by atoms with Gasteiger partial charge < -0.3 is 25.0 Å². The molecule has 5 aromatic rings. The van der Waals surface area contributed by atoms with E-state index in [1.807, 2.05) is 9.80 Å². The molecule has 3 aromatic carbocycles. The van der Waals surface area contributed by atoms with Crippen molar-refractivity contribution in [1.82, 2.24) is 29.3 Å². The maximum Gasteiger partial charge on any atom is 0.266 e. The van der Waals surface area contributed by atoms with Gasteiger partial charge >= 0.3 is 0 Å². The quantitative estimate of drug-likeness (QED) is 0.129. The third-order valence-electron chi connectivity index (χ3n) is 10.8. The van der Waals surface area contributed by atoms with Crippen molar-refractivity contribution in [2.24, 2.45) is 0 Å². The van der Waals surface area contributed by atoms with E-state index in [0.717, 1.165) is 38.8 Å². The molecule has 2 saturated heterocycles. The lowest BCUT2D eigenvalue weighted by Gasteiger charge is -2.37. The number of halogens is 2. The highest BCUT2D eigenvalue weighted by Crippen LogP contribution is 2.37. The van der Waals surface area contributed by atoms with Gasteiger partial charge in [0, 0.05) is 37.1 Å². The number of amides is 1. The first-order valence-electron chi connectivity index (χ1n) is 18.7. The van der Waals surface area contributed by atoms with Crippen LogP contribution in [0.1, 0.15) is 49.1 Å². The van der Waals surface area contributed by atoms with Crippen LogP contribution in [0.2, 0.25) is 0 Å². The summed E-state index contributed by atoms with van der Waals surface area (Å²) in [6.45, 7) is 3.92. The van der Waals surface area contributed by atoms with E-state index in [4.69, 9.17) is 10.5 Å². The molecule has 56 heavy (non-hydrogen) atoms. The minimum atomic E-state index is -0.698. The molecule has 3 N–H and O–H groups in total. The molecule has 0 spiro atoms. The standard InChI is InChI=1S/C40H40F2N10O3S/c41-33-7-9-36(48-56-29-2-1-3-29)32(20-43)38(33)55-28-5-8-35-31(19-28)39(54)52(24-47-35)27-21-45-40(46-22-27)51-16-14-50(15-17-51)37(53)23-49-12-10-25(11-13-49)30-6-4-26(44)18-34(30)42/h4-9,18-19,21-22,24-25,29,48H,1-3,10-17,23,44H2. The van der Waals surface area contributed by atoms with Crippen LogP contribution in [0.25, 0.3) is 16.6 Å². The topological polar surface area (TPSA) is 159 Å². The third-order valence-corrected chi connectivity index (χ3v) is 11.9. The Hall–Kier alpha value is -5.79.